The maximum absolute atomic E-state index is 11.6. The molecule has 110 valence electrons. The van der Waals surface area contributed by atoms with E-state index in [-0.39, 0.29) is 18.4 Å². The molecule has 2 rings (SSSR count). The number of benzene rings is 2. The van der Waals surface area contributed by atoms with Crippen LogP contribution in [0, 0.1) is 0 Å². The molecule has 1 unspecified atom stereocenters. The SMILES string of the molecule is COC(=O)CC(Nc1cc(Cl)cc(Cl)c1)c1ccccc1. The number of carbonyl (C=O) groups is 1. The normalized spacial score (nSPS) is 11.8. The van der Waals surface area contributed by atoms with Crippen LogP contribution in [-0.4, -0.2) is 13.1 Å². The summed E-state index contributed by atoms with van der Waals surface area (Å²) in [6.45, 7) is 0. The summed E-state index contributed by atoms with van der Waals surface area (Å²) in [7, 11) is 1.38. The van der Waals surface area contributed by atoms with Gasteiger partial charge in [-0.25, -0.2) is 0 Å². The van der Waals surface area contributed by atoms with E-state index in [9.17, 15) is 4.79 Å². The van der Waals surface area contributed by atoms with E-state index < -0.39 is 0 Å². The monoisotopic (exact) mass is 323 g/mol. The lowest BCUT2D eigenvalue weighted by molar-refractivity contribution is -0.140. The van der Waals surface area contributed by atoms with Gasteiger partial charge in [-0.3, -0.25) is 4.79 Å². The van der Waals surface area contributed by atoms with Crippen LogP contribution < -0.4 is 5.32 Å². The Morgan fingerprint density at radius 3 is 2.33 bits per heavy atom. The van der Waals surface area contributed by atoms with Crippen LogP contribution in [0.2, 0.25) is 10.0 Å². The van der Waals surface area contributed by atoms with Gasteiger partial charge in [0, 0.05) is 15.7 Å². The highest BCUT2D eigenvalue weighted by Crippen LogP contribution is 2.27. The molecule has 0 heterocycles. The lowest BCUT2D eigenvalue weighted by Gasteiger charge is -2.19. The quantitative estimate of drug-likeness (QED) is 0.810. The van der Waals surface area contributed by atoms with Gasteiger partial charge in [0.15, 0.2) is 0 Å². The molecule has 1 N–H and O–H groups in total. The van der Waals surface area contributed by atoms with Gasteiger partial charge in [-0.1, -0.05) is 53.5 Å². The molecule has 0 bridgehead atoms. The fraction of sp³-hybridized carbons (Fsp3) is 0.188. The second-order valence-electron chi connectivity index (χ2n) is 4.55. The predicted octanol–water partition coefficient (Wildman–Crippen LogP) is 4.71. The Kier molecular flexibility index (Phi) is 5.48. The average Bonchev–Trinajstić information content (AvgIpc) is 2.46. The van der Waals surface area contributed by atoms with Gasteiger partial charge in [-0.2, -0.15) is 0 Å². The van der Waals surface area contributed by atoms with Crippen molar-refractivity contribution in [2.75, 3.05) is 12.4 Å². The number of nitrogens with one attached hydrogen (secondary N) is 1. The van der Waals surface area contributed by atoms with Crippen LogP contribution in [-0.2, 0) is 9.53 Å². The third-order valence-corrected chi connectivity index (χ3v) is 3.44. The van der Waals surface area contributed by atoms with Crippen molar-refractivity contribution in [1.29, 1.82) is 0 Å². The first-order chi connectivity index (χ1) is 10.1. The molecule has 0 aliphatic heterocycles. The van der Waals surface area contributed by atoms with Crippen molar-refractivity contribution in [2.45, 2.75) is 12.5 Å². The van der Waals surface area contributed by atoms with Gasteiger partial charge in [0.25, 0.3) is 0 Å². The van der Waals surface area contributed by atoms with Crippen LogP contribution in [0.5, 0.6) is 0 Å². The van der Waals surface area contributed by atoms with E-state index in [4.69, 9.17) is 27.9 Å². The summed E-state index contributed by atoms with van der Waals surface area (Å²) >= 11 is 12.0. The molecule has 0 amide bonds. The fourth-order valence-electron chi connectivity index (χ4n) is 2.03. The second-order valence-corrected chi connectivity index (χ2v) is 5.42. The number of ether oxygens (including phenoxy) is 1. The number of hydrogen-bond donors (Lipinski definition) is 1. The molecule has 1 atom stereocenters. The van der Waals surface area contributed by atoms with Crippen LogP contribution in [0.4, 0.5) is 5.69 Å². The first-order valence-electron chi connectivity index (χ1n) is 6.43. The van der Waals surface area contributed by atoms with E-state index in [1.807, 2.05) is 30.3 Å². The zero-order valence-corrected chi connectivity index (χ0v) is 13.0. The number of methoxy groups -OCH3 is 1. The molecule has 2 aromatic rings. The molecule has 2 aromatic carbocycles. The van der Waals surface area contributed by atoms with Crippen molar-refractivity contribution >= 4 is 34.9 Å². The maximum Gasteiger partial charge on any atom is 0.307 e. The summed E-state index contributed by atoms with van der Waals surface area (Å²) in [5, 5.41) is 4.35. The highest BCUT2D eigenvalue weighted by atomic mass is 35.5. The molecule has 5 heteroatoms. The van der Waals surface area contributed by atoms with Crippen molar-refractivity contribution < 1.29 is 9.53 Å². The van der Waals surface area contributed by atoms with Crippen molar-refractivity contribution in [2.24, 2.45) is 0 Å². The van der Waals surface area contributed by atoms with Crippen molar-refractivity contribution in [3.63, 3.8) is 0 Å². The third-order valence-electron chi connectivity index (χ3n) is 3.00. The van der Waals surface area contributed by atoms with E-state index in [0.717, 1.165) is 11.3 Å². The lowest BCUT2D eigenvalue weighted by atomic mass is 10.0. The second kappa shape index (κ2) is 7.34. The molecular formula is C16H15Cl2NO2. The highest BCUT2D eigenvalue weighted by molar-refractivity contribution is 6.35. The highest BCUT2D eigenvalue weighted by Gasteiger charge is 2.16. The molecule has 21 heavy (non-hydrogen) atoms. The Labute approximate surface area is 133 Å². The smallest absolute Gasteiger partial charge is 0.307 e. The van der Waals surface area contributed by atoms with Crippen molar-refractivity contribution in [3.8, 4) is 0 Å². The van der Waals surface area contributed by atoms with Gasteiger partial charge in [-0.05, 0) is 23.8 Å². The Morgan fingerprint density at radius 2 is 1.76 bits per heavy atom. The van der Waals surface area contributed by atoms with Gasteiger partial charge >= 0.3 is 5.97 Å². The maximum atomic E-state index is 11.6. The largest absolute Gasteiger partial charge is 0.469 e. The Hall–Kier alpha value is -1.71. The topological polar surface area (TPSA) is 38.3 Å². The molecule has 0 aromatic heterocycles. The standard InChI is InChI=1S/C16H15Cl2NO2/c1-21-16(20)10-15(11-5-3-2-4-6-11)19-14-8-12(17)7-13(18)9-14/h2-9,15,19H,10H2,1H3. The molecule has 0 radical (unpaired) electrons. The molecular weight excluding hydrogens is 309 g/mol. The molecule has 0 spiro atoms. The zero-order valence-electron chi connectivity index (χ0n) is 11.5. The summed E-state index contributed by atoms with van der Waals surface area (Å²) in [4.78, 5) is 11.6. The number of anilines is 1. The molecule has 0 aliphatic carbocycles. The summed E-state index contributed by atoms with van der Waals surface area (Å²) in [5.41, 5.74) is 1.74. The van der Waals surface area contributed by atoms with Crippen LogP contribution in [0.25, 0.3) is 0 Å². The number of carbonyl (C=O) groups excluding carboxylic acids is 1. The Morgan fingerprint density at radius 1 is 1.14 bits per heavy atom. The molecule has 0 fully saturated rings. The van der Waals surface area contributed by atoms with Gasteiger partial charge in [0.1, 0.15) is 0 Å². The predicted molar refractivity (Wildman–Crippen MR) is 85.9 cm³/mol. The minimum Gasteiger partial charge on any atom is -0.469 e. The zero-order chi connectivity index (χ0) is 15.2. The minimum atomic E-state index is -0.288. The first-order valence-corrected chi connectivity index (χ1v) is 7.18. The van der Waals surface area contributed by atoms with Crippen LogP contribution >= 0.6 is 23.2 Å². The first kappa shape index (κ1) is 15.7. The van der Waals surface area contributed by atoms with Crippen molar-refractivity contribution in [3.05, 3.63) is 64.1 Å². The summed E-state index contributed by atoms with van der Waals surface area (Å²) in [6.07, 6.45) is 0.213. The average molecular weight is 324 g/mol. The molecule has 0 saturated heterocycles. The fourth-order valence-corrected chi connectivity index (χ4v) is 2.55. The van der Waals surface area contributed by atoms with E-state index in [1.165, 1.54) is 7.11 Å². The van der Waals surface area contributed by atoms with Crippen LogP contribution in [0.3, 0.4) is 0 Å². The summed E-state index contributed by atoms with van der Waals surface area (Å²) in [5.74, 6) is -0.288. The molecule has 0 saturated carbocycles. The van der Waals surface area contributed by atoms with E-state index >= 15 is 0 Å². The van der Waals surface area contributed by atoms with Crippen LogP contribution in [0.1, 0.15) is 18.0 Å². The van der Waals surface area contributed by atoms with Gasteiger partial charge in [0.05, 0.1) is 19.6 Å². The molecule has 0 aliphatic rings. The number of halogens is 2. The lowest BCUT2D eigenvalue weighted by Crippen LogP contribution is -2.16. The number of esters is 1. The number of rotatable bonds is 5. The third kappa shape index (κ3) is 4.66. The van der Waals surface area contributed by atoms with E-state index in [1.54, 1.807) is 18.2 Å². The minimum absolute atomic E-state index is 0.213. The summed E-state index contributed by atoms with van der Waals surface area (Å²) < 4.78 is 4.76. The Balaban J connectivity index is 2.25. The van der Waals surface area contributed by atoms with Gasteiger partial charge in [-0.15, -0.1) is 0 Å². The van der Waals surface area contributed by atoms with E-state index in [0.29, 0.717) is 10.0 Å². The van der Waals surface area contributed by atoms with Gasteiger partial charge < -0.3 is 10.1 Å². The summed E-state index contributed by atoms with van der Waals surface area (Å²) in [6, 6.07) is 14.6. The van der Waals surface area contributed by atoms with Gasteiger partial charge in [0.2, 0.25) is 0 Å². The molecule has 3 nitrogen and oxygen atoms in total. The van der Waals surface area contributed by atoms with Crippen molar-refractivity contribution in [1.82, 2.24) is 0 Å². The Bertz CT molecular complexity index is 597. The van der Waals surface area contributed by atoms with E-state index in [2.05, 4.69) is 5.32 Å². The van der Waals surface area contributed by atoms with Crippen LogP contribution in [0.15, 0.2) is 48.5 Å². The number of hydrogen-bond acceptors (Lipinski definition) is 3.